The number of quaternary nitrogens is 1. The van der Waals surface area contributed by atoms with E-state index in [2.05, 4.69) is 4.90 Å². The molecular formula is C17H28N2O5. The van der Waals surface area contributed by atoms with E-state index >= 15 is 0 Å². The molecule has 0 spiro atoms. The van der Waals surface area contributed by atoms with Gasteiger partial charge >= 0.3 is 5.97 Å². The molecule has 0 aromatic rings. The summed E-state index contributed by atoms with van der Waals surface area (Å²) in [4.78, 5) is 34.4. The number of carbonyl (C=O) groups excluding carboxylic acids is 2. The monoisotopic (exact) mass is 340 g/mol. The predicted octanol–water partition coefficient (Wildman–Crippen LogP) is -1.33. The summed E-state index contributed by atoms with van der Waals surface area (Å²) in [7, 11) is 0. The Morgan fingerprint density at radius 2 is 1.54 bits per heavy atom. The zero-order valence-electron chi connectivity index (χ0n) is 14.2. The molecule has 7 nitrogen and oxygen atoms in total. The number of rotatable bonds is 2. The number of aliphatic carboxylic acids is 2. The van der Waals surface area contributed by atoms with Crippen LogP contribution in [0.2, 0.25) is 0 Å². The standard InChI is InChI=1S/C15H26N2O.C2H2O4/c18-15(16-9-3-4-10-16)13-6-5-11-17(12-13)14-7-1-2-8-14;3-1(4)2(5)6/h13-14H,1-12H2;(H,3,4)(H,5,6). The Bertz CT molecular complexity index is 444. The molecule has 2 N–H and O–H groups in total. The third kappa shape index (κ3) is 5.19. The molecule has 3 aliphatic rings. The minimum absolute atomic E-state index is 0.340. The molecule has 0 radical (unpaired) electrons. The zero-order chi connectivity index (χ0) is 17.5. The molecule has 2 aliphatic heterocycles. The van der Waals surface area contributed by atoms with E-state index in [9.17, 15) is 4.79 Å². The quantitative estimate of drug-likeness (QED) is 0.606. The SMILES string of the molecule is O=C(C1CCC[NH+](C2CCCC2)C1)N1CCCC1.O=C([O-])C(=O)O. The number of amides is 1. The number of hydrogen-bond acceptors (Lipinski definition) is 4. The van der Waals surface area contributed by atoms with Gasteiger partial charge in [-0.2, -0.15) is 0 Å². The molecule has 0 bridgehead atoms. The summed E-state index contributed by atoms with van der Waals surface area (Å²) in [6, 6.07) is 0.874. The van der Waals surface area contributed by atoms with Gasteiger partial charge in [0.25, 0.3) is 0 Å². The van der Waals surface area contributed by atoms with Crippen molar-refractivity contribution in [1.29, 1.82) is 0 Å². The molecule has 1 amide bonds. The van der Waals surface area contributed by atoms with Crippen molar-refractivity contribution in [2.45, 2.75) is 57.4 Å². The average Bonchev–Trinajstić information content (AvgIpc) is 3.28. The van der Waals surface area contributed by atoms with Crippen molar-refractivity contribution >= 4 is 17.8 Å². The highest BCUT2D eigenvalue weighted by molar-refractivity contribution is 6.26. The number of hydrogen-bond donors (Lipinski definition) is 2. The van der Waals surface area contributed by atoms with Gasteiger partial charge in [0.1, 0.15) is 0 Å². The van der Waals surface area contributed by atoms with Crippen LogP contribution < -0.4 is 10.0 Å². The van der Waals surface area contributed by atoms with Crippen molar-refractivity contribution in [3.8, 4) is 0 Å². The van der Waals surface area contributed by atoms with Crippen molar-refractivity contribution in [2.24, 2.45) is 5.92 Å². The number of nitrogens with one attached hydrogen (secondary N) is 1. The van der Waals surface area contributed by atoms with E-state index in [0.29, 0.717) is 11.8 Å². The number of carboxylic acids is 2. The van der Waals surface area contributed by atoms with Crippen LogP contribution >= 0.6 is 0 Å². The second kappa shape index (κ2) is 9.01. The first-order valence-electron chi connectivity index (χ1n) is 9.06. The maximum absolute atomic E-state index is 12.5. The Balaban J connectivity index is 0.000000301. The van der Waals surface area contributed by atoms with Crippen molar-refractivity contribution in [3.05, 3.63) is 0 Å². The fourth-order valence-corrected chi connectivity index (χ4v) is 4.21. The Morgan fingerprint density at radius 1 is 0.958 bits per heavy atom. The minimum Gasteiger partial charge on any atom is -0.539 e. The van der Waals surface area contributed by atoms with Gasteiger partial charge in [0.05, 0.1) is 25.0 Å². The van der Waals surface area contributed by atoms with Gasteiger partial charge in [0.15, 0.2) is 5.97 Å². The first-order valence-corrected chi connectivity index (χ1v) is 9.06. The van der Waals surface area contributed by atoms with E-state index in [0.717, 1.165) is 32.1 Å². The average molecular weight is 340 g/mol. The summed E-state index contributed by atoms with van der Waals surface area (Å²) >= 11 is 0. The third-order valence-corrected chi connectivity index (χ3v) is 5.43. The summed E-state index contributed by atoms with van der Waals surface area (Å²) in [5, 5.41) is 16.3. The number of likely N-dealkylation sites (tertiary alicyclic amines) is 2. The molecule has 3 fully saturated rings. The van der Waals surface area contributed by atoms with Crippen LogP contribution in [-0.2, 0) is 14.4 Å². The highest BCUT2D eigenvalue weighted by Gasteiger charge is 2.36. The second-order valence-electron chi connectivity index (χ2n) is 7.06. The van der Waals surface area contributed by atoms with Crippen molar-refractivity contribution in [3.63, 3.8) is 0 Å². The summed E-state index contributed by atoms with van der Waals surface area (Å²) in [6.45, 7) is 4.48. The first kappa shape index (κ1) is 18.7. The highest BCUT2D eigenvalue weighted by Crippen LogP contribution is 2.19. The first-order chi connectivity index (χ1) is 11.5. The lowest BCUT2D eigenvalue weighted by Crippen LogP contribution is -3.17. The maximum Gasteiger partial charge on any atom is 0.351 e. The molecule has 24 heavy (non-hydrogen) atoms. The summed E-state index contributed by atoms with van der Waals surface area (Å²) in [6.07, 6.45) is 10.5. The van der Waals surface area contributed by atoms with Crippen molar-refractivity contribution < 1.29 is 29.5 Å². The molecule has 3 rings (SSSR count). The van der Waals surface area contributed by atoms with Gasteiger partial charge in [-0.25, -0.2) is 4.79 Å². The van der Waals surface area contributed by atoms with Crippen LogP contribution in [0.4, 0.5) is 0 Å². The third-order valence-electron chi connectivity index (χ3n) is 5.43. The lowest BCUT2D eigenvalue weighted by molar-refractivity contribution is -0.931. The maximum atomic E-state index is 12.5. The normalized spacial score (nSPS) is 27.4. The lowest BCUT2D eigenvalue weighted by Gasteiger charge is -2.34. The summed E-state index contributed by atoms with van der Waals surface area (Å²) < 4.78 is 0. The lowest BCUT2D eigenvalue weighted by atomic mass is 9.95. The smallest absolute Gasteiger partial charge is 0.351 e. The molecular weight excluding hydrogens is 312 g/mol. The molecule has 0 aromatic heterocycles. The number of carboxylic acid groups (broad SMARTS) is 2. The summed E-state index contributed by atoms with van der Waals surface area (Å²) in [5.41, 5.74) is 0. The summed E-state index contributed by atoms with van der Waals surface area (Å²) in [5.74, 6) is -3.19. The van der Waals surface area contributed by atoms with E-state index in [-0.39, 0.29) is 0 Å². The van der Waals surface area contributed by atoms with Gasteiger partial charge in [-0.3, -0.25) is 4.79 Å². The molecule has 2 heterocycles. The van der Waals surface area contributed by atoms with Crippen LogP contribution in [0.3, 0.4) is 0 Å². The molecule has 2 saturated heterocycles. The topological polar surface area (TPSA) is 102 Å². The molecule has 2 unspecified atom stereocenters. The van der Waals surface area contributed by atoms with Crippen molar-refractivity contribution in [2.75, 3.05) is 26.2 Å². The molecule has 2 atom stereocenters. The molecule has 7 heteroatoms. The molecule has 136 valence electrons. The second-order valence-corrected chi connectivity index (χ2v) is 7.06. The van der Waals surface area contributed by atoms with Crippen LogP contribution in [0.25, 0.3) is 0 Å². The zero-order valence-corrected chi connectivity index (χ0v) is 14.2. The van der Waals surface area contributed by atoms with Crippen LogP contribution in [0.1, 0.15) is 51.4 Å². The van der Waals surface area contributed by atoms with Crippen molar-refractivity contribution in [1.82, 2.24) is 4.90 Å². The Labute approximate surface area is 142 Å². The van der Waals surface area contributed by atoms with Crippen LogP contribution in [0.5, 0.6) is 0 Å². The largest absolute Gasteiger partial charge is 0.539 e. The van der Waals surface area contributed by atoms with E-state index in [1.807, 2.05) is 0 Å². The van der Waals surface area contributed by atoms with Gasteiger partial charge < -0.3 is 24.8 Å². The highest BCUT2D eigenvalue weighted by atomic mass is 16.4. The Kier molecular flexibility index (Phi) is 7.02. The number of nitrogens with zero attached hydrogens (tertiary/aromatic N) is 1. The fourth-order valence-electron chi connectivity index (χ4n) is 4.21. The Hall–Kier alpha value is -1.63. The van der Waals surface area contributed by atoms with Gasteiger partial charge in [-0.1, -0.05) is 0 Å². The predicted molar refractivity (Wildman–Crippen MR) is 84.1 cm³/mol. The molecule has 0 aromatic carbocycles. The van der Waals surface area contributed by atoms with E-state index in [4.69, 9.17) is 19.8 Å². The van der Waals surface area contributed by atoms with Gasteiger partial charge in [-0.05, 0) is 51.4 Å². The van der Waals surface area contributed by atoms with Gasteiger partial charge in [0.2, 0.25) is 5.91 Å². The van der Waals surface area contributed by atoms with E-state index in [1.54, 1.807) is 4.90 Å². The van der Waals surface area contributed by atoms with E-state index < -0.39 is 11.9 Å². The van der Waals surface area contributed by atoms with Crippen LogP contribution in [0, 0.1) is 5.92 Å². The number of piperidine rings is 1. The Morgan fingerprint density at radius 3 is 2.08 bits per heavy atom. The van der Waals surface area contributed by atoms with Crippen LogP contribution in [0.15, 0.2) is 0 Å². The minimum atomic E-state index is -2.07. The fraction of sp³-hybridized carbons (Fsp3) is 0.824. The molecule has 1 saturated carbocycles. The molecule has 1 aliphatic carbocycles. The number of carbonyl (C=O) groups is 3. The van der Waals surface area contributed by atoms with Gasteiger partial charge in [-0.15, -0.1) is 0 Å². The van der Waals surface area contributed by atoms with Gasteiger partial charge in [0, 0.05) is 13.1 Å². The van der Waals surface area contributed by atoms with Crippen LogP contribution in [-0.4, -0.2) is 60.1 Å². The van der Waals surface area contributed by atoms with E-state index in [1.165, 1.54) is 51.5 Å².